The van der Waals surface area contributed by atoms with E-state index in [0.29, 0.717) is 11.4 Å². The van der Waals surface area contributed by atoms with Crippen LogP contribution in [0.25, 0.3) is 128 Å². The summed E-state index contributed by atoms with van der Waals surface area (Å²) in [6.45, 7) is 2.10. The van der Waals surface area contributed by atoms with Crippen molar-refractivity contribution in [2.75, 3.05) is 0 Å². The zero-order valence-electron chi connectivity index (χ0n) is 48.9. The van der Waals surface area contributed by atoms with Crippen LogP contribution in [0.3, 0.4) is 0 Å². The van der Waals surface area contributed by atoms with E-state index in [1.807, 2.05) is 48.7 Å². The molecule has 0 fully saturated rings. The van der Waals surface area contributed by atoms with E-state index in [1.54, 1.807) is 24.3 Å². The van der Waals surface area contributed by atoms with Gasteiger partial charge in [0, 0.05) is 32.2 Å². The summed E-state index contributed by atoms with van der Waals surface area (Å²) in [7, 11) is 0. The fourth-order valence-electron chi connectivity index (χ4n) is 10.5. The average molecular weight is 1190 g/mol. The van der Waals surface area contributed by atoms with Crippen molar-refractivity contribution in [1.29, 1.82) is 0 Å². The number of rotatable bonds is 9. The van der Waals surface area contributed by atoms with Crippen LogP contribution >= 0.6 is 0 Å². The predicted molar refractivity (Wildman–Crippen MR) is 317 cm³/mol. The molecule has 0 spiro atoms. The Morgan fingerprint density at radius 1 is 0.423 bits per heavy atom. The Kier molecular flexibility index (Phi) is 11.4. The molecular weight excluding hydrogens is 1130 g/mol. The van der Waals surface area contributed by atoms with E-state index in [9.17, 15) is 0 Å². The molecule has 78 heavy (non-hydrogen) atoms. The minimum atomic E-state index is -2.24. The Morgan fingerprint density at radius 3 is 1.37 bits per heavy atom. The molecule has 0 bridgehead atoms. The maximum atomic E-state index is 7.82. The number of nitrogens with zero attached hydrogens (tertiary/aromatic N) is 5. The van der Waals surface area contributed by atoms with Gasteiger partial charge in [-0.25, -0.2) is 0 Å². The van der Waals surface area contributed by atoms with Gasteiger partial charge in [0.25, 0.3) is 0 Å². The second-order valence-electron chi connectivity index (χ2n) is 20.5. The molecule has 0 atom stereocenters. The van der Waals surface area contributed by atoms with Gasteiger partial charge < -0.3 is 15.0 Å². The first kappa shape index (κ1) is 43.2. The monoisotopic (exact) mass is 1190 g/mol. The summed E-state index contributed by atoms with van der Waals surface area (Å²) < 4.78 is 49.0. The molecule has 5 nitrogen and oxygen atoms in total. The van der Waals surface area contributed by atoms with Crippen LogP contribution in [0.4, 0.5) is 0 Å². The molecular formula is C72H52IrN5. The Morgan fingerprint density at radius 2 is 0.910 bits per heavy atom. The second-order valence-corrected chi connectivity index (χ2v) is 20.5. The maximum absolute atomic E-state index is 7.82. The van der Waals surface area contributed by atoms with Crippen LogP contribution in [0.15, 0.2) is 225 Å². The van der Waals surface area contributed by atoms with Crippen molar-refractivity contribution in [2.45, 2.75) is 39.9 Å². The van der Waals surface area contributed by atoms with Crippen LogP contribution in [0, 0.1) is 31.9 Å². The van der Waals surface area contributed by atoms with Crippen LogP contribution in [0.2, 0.25) is 0 Å². The molecule has 6 heteroatoms. The van der Waals surface area contributed by atoms with Gasteiger partial charge >= 0.3 is 20.1 Å². The molecule has 0 aliphatic carbocycles. The van der Waals surface area contributed by atoms with E-state index in [2.05, 4.69) is 193 Å². The standard InChI is InChI=1S/C72H52N5.Ir/c1-46-23-35-65(74-44-46)51-29-25-49(26-30-51)57-17-9-12-20-60(57)54-39-55(61-21-13-10-18-58(61)50-27-31-52(32-28-50)66-36-24-47(2)45-75-66)41-56(40-54)62-22-14-11-19-59(62)53-33-34-64-67(42-53)77-68(43-69(76-77)72(3,4)5)70-63(37-38-73-71(64)70)48-15-7-6-8-16-48;/h6-29,31,33,35-45H,1-5H3;/q-3;+3/i1D3,2D3;. The SMILES string of the molecule is [2H]C([2H])([2H])c1ccc(-c2[c-]cc(-c3ccccc3-c3cc(-c4ccccc4-c4c[c-]c(-c5ccc(C([2H])([2H])[2H])cn5)cc4)cc(-c4ccccc4-c4c[c-]c5c6nccc(-c7ccccc7)c6c6cc(C(C)(C)C)nn6c5c4)c3)cc2)nc1.[Ir+3]. The molecule has 0 saturated carbocycles. The second kappa shape index (κ2) is 20.5. The minimum absolute atomic E-state index is 0. The van der Waals surface area contributed by atoms with E-state index < -0.39 is 13.7 Å². The predicted octanol–water partition coefficient (Wildman–Crippen LogP) is 18.1. The molecule has 0 unspecified atom stereocenters. The van der Waals surface area contributed by atoms with Gasteiger partial charge in [-0.05, 0) is 127 Å². The maximum Gasteiger partial charge on any atom is 3.00 e. The van der Waals surface area contributed by atoms with Gasteiger partial charge in [-0.1, -0.05) is 187 Å². The quantitative estimate of drug-likeness (QED) is 0.107. The number of hydrogen-bond donors (Lipinski definition) is 0. The summed E-state index contributed by atoms with van der Waals surface area (Å²) in [4.78, 5) is 14.0. The van der Waals surface area contributed by atoms with Crippen molar-refractivity contribution in [1.82, 2.24) is 24.6 Å². The van der Waals surface area contributed by atoms with Crippen molar-refractivity contribution in [3.63, 3.8) is 0 Å². The van der Waals surface area contributed by atoms with Crippen molar-refractivity contribution in [2.24, 2.45) is 0 Å². The van der Waals surface area contributed by atoms with Crippen LogP contribution in [-0.4, -0.2) is 24.6 Å². The zero-order valence-corrected chi connectivity index (χ0v) is 45.3. The van der Waals surface area contributed by atoms with Gasteiger partial charge in [0.05, 0.1) is 11.2 Å². The van der Waals surface area contributed by atoms with Gasteiger partial charge in [0.1, 0.15) is 0 Å². The normalized spacial score (nSPS) is 13.0. The van der Waals surface area contributed by atoms with Gasteiger partial charge in [-0.15, -0.1) is 77.9 Å². The summed E-state index contributed by atoms with van der Waals surface area (Å²) in [5.41, 5.74) is 20.9. The third kappa shape index (κ3) is 9.34. The van der Waals surface area contributed by atoms with Gasteiger partial charge in [-0.3, -0.25) is 4.52 Å². The molecule has 0 radical (unpaired) electrons. The first-order valence-corrected chi connectivity index (χ1v) is 25.7. The molecule has 8 aromatic carbocycles. The van der Waals surface area contributed by atoms with E-state index in [4.69, 9.17) is 18.3 Å². The molecule has 0 N–H and O–H groups in total. The molecule has 13 rings (SSSR count). The zero-order chi connectivity index (χ0) is 57.2. The molecule has 0 aliphatic heterocycles. The Bertz CT molecular complexity index is 4430. The van der Waals surface area contributed by atoms with Crippen molar-refractivity contribution < 1.29 is 28.3 Å². The van der Waals surface area contributed by atoms with Gasteiger partial charge in [0.2, 0.25) is 0 Å². The molecule has 5 aromatic heterocycles. The largest absolute Gasteiger partial charge is 3.00 e. The van der Waals surface area contributed by atoms with Crippen LogP contribution < -0.4 is 0 Å². The molecule has 374 valence electrons. The molecule has 5 heterocycles. The number of aromatic nitrogens is 5. The van der Waals surface area contributed by atoms with Crippen LogP contribution in [0.5, 0.6) is 0 Å². The average Bonchev–Trinajstić information content (AvgIpc) is 1.56. The van der Waals surface area contributed by atoms with E-state index in [1.165, 1.54) is 12.4 Å². The Labute approximate surface area is 477 Å². The van der Waals surface area contributed by atoms with Crippen molar-refractivity contribution in [3.8, 4) is 100 Å². The smallest absolute Gasteiger partial charge is 0.304 e. The summed E-state index contributed by atoms with van der Waals surface area (Å²) in [6, 6.07) is 80.6. The topological polar surface area (TPSA) is 56.0 Å². The van der Waals surface area contributed by atoms with Crippen molar-refractivity contribution >= 4 is 27.3 Å². The first-order valence-electron chi connectivity index (χ1n) is 28.7. The molecule has 0 saturated heterocycles. The number of aryl methyl sites for hydroxylation is 2. The molecule has 0 aliphatic rings. The molecule has 0 amide bonds. The number of benzene rings is 8. The van der Waals surface area contributed by atoms with E-state index in [-0.39, 0.29) is 36.6 Å². The van der Waals surface area contributed by atoms with Crippen LogP contribution in [-0.2, 0) is 25.5 Å². The third-order valence-electron chi connectivity index (χ3n) is 14.4. The minimum Gasteiger partial charge on any atom is -0.304 e. The summed E-state index contributed by atoms with van der Waals surface area (Å²) in [5, 5.41) is 7.27. The van der Waals surface area contributed by atoms with Gasteiger partial charge in [0.15, 0.2) is 0 Å². The first-order chi connectivity index (χ1) is 40.0. The summed E-state index contributed by atoms with van der Waals surface area (Å²) in [5.74, 6) is 0. The van der Waals surface area contributed by atoms with Crippen molar-refractivity contribution in [3.05, 3.63) is 260 Å². The number of pyridine rings is 4. The van der Waals surface area contributed by atoms with E-state index >= 15 is 0 Å². The number of hydrogen-bond acceptors (Lipinski definition) is 4. The van der Waals surface area contributed by atoms with Gasteiger partial charge in [-0.2, -0.15) is 5.10 Å². The summed E-state index contributed by atoms with van der Waals surface area (Å²) >= 11 is 0. The van der Waals surface area contributed by atoms with Crippen LogP contribution in [0.1, 0.15) is 45.8 Å². The van der Waals surface area contributed by atoms with E-state index in [0.717, 1.165) is 122 Å². The Balaban J connectivity index is 0.00000694. The fraction of sp³-hybridized carbons (Fsp3) is 0.0833. The third-order valence-corrected chi connectivity index (χ3v) is 14.4. The fourth-order valence-corrected chi connectivity index (χ4v) is 10.5. The summed E-state index contributed by atoms with van der Waals surface area (Å²) in [6.07, 6.45) is 4.72. The number of fused-ring (bicyclic) bond motifs is 6. The molecule has 13 aromatic rings. The Hall–Kier alpha value is -8.93.